The highest BCUT2D eigenvalue weighted by Crippen LogP contribution is 2.44. The van der Waals surface area contributed by atoms with Gasteiger partial charge in [0, 0.05) is 5.56 Å². The number of halogens is 3. The van der Waals surface area contributed by atoms with Crippen LogP contribution in [0.5, 0.6) is 17.2 Å². The van der Waals surface area contributed by atoms with Gasteiger partial charge in [-0.1, -0.05) is 24.3 Å². The molecule has 0 atom stereocenters. The maximum absolute atomic E-state index is 10.6. The van der Waals surface area contributed by atoms with Crippen LogP contribution in [0, 0.1) is 0 Å². The van der Waals surface area contributed by atoms with Crippen molar-refractivity contribution in [3.05, 3.63) is 42.0 Å². The number of nitrogens with two attached hydrogens (primary N) is 1. The summed E-state index contributed by atoms with van der Waals surface area (Å²) in [6.45, 7) is 0.604. The lowest BCUT2D eigenvalue weighted by Gasteiger charge is -2.17. The van der Waals surface area contributed by atoms with Crippen molar-refractivity contribution in [2.75, 3.05) is 27.9 Å². The lowest BCUT2D eigenvalue weighted by Crippen LogP contribution is -2.21. The standard InChI is InChI=1S/C17H21NO3.C2HF3O2/c1-19-15-9-8-14(16(20-2)17(15)21-3)13-7-5-4-6-12(13)10-11-18;3-2(4,5)1(6)7/h4-9H,10-11,18H2,1-3H3;(H,6,7). The van der Waals surface area contributed by atoms with Crippen LogP contribution >= 0.6 is 0 Å². The molecule has 2 aromatic rings. The van der Waals surface area contributed by atoms with Crippen LogP contribution in [-0.4, -0.2) is 45.1 Å². The number of ether oxygens (including phenoxy) is 3. The van der Waals surface area contributed by atoms with Crippen molar-refractivity contribution < 1.29 is 37.3 Å². The predicted molar refractivity (Wildman–Crippen MR) is 98.0 cm³/mol. The van der Waals surface area contributed by atoms with E-state index >= 15 is 0 Å². The van der Waals surface area contributed by atoms with Crippen LogP contribution in [0.3, 0.4) is 0 Å². The van der Waals surface area contributed by atoms with Crippen LogP contribution in [0.2, 0.25) is 0 Å². The van der Waals surface area contributed by atoms with E-state index in [1.54, 1.807) is 21.3 Å². The minimum absolute atomic E-state index is 0.597. The Balaban J connectivity index is 0.000000480. The van der Waals surface area contributed by atoms with Gasteiger partial charge in [0.15, 0.2) is 11.5 Å². The SMILES string of the molecule is COc1ccc(-c2ccccc2CCN)c(OC)c1OC.O=C(O)C(F)(F)F. The summed E-state index contributed by atoms with van der Waals surface area (Å²) in [4.78, 5) is 8.90. The molecule has 2 aromatic carbocycles. The van der Waals surface area contributed by atoms with Crippen molar-refractivity contribution in [3.8, 4) is 28.4 Å². The largest absolute Gasteiger partial charge is 0.493 e. The first-order valence-corrected chi connectivity index (χ1v) is 8.08. The highest BCUT2D eigenvalue weighted by atomic mass is 19.4. The van der Waals surface area contributed by atoms with Crippen LogP contribution in [-0.2, 0) is 11.2 Å². The molecule has 0 aliphatic carbocycles. The van der Waals surface area contributed by atoms with Crippen molar-refractivity contribution in [1.82, 2.24) is 0 Å². The van der Waals surface area contributed by atoms with Crippen LogP contribution in [0.25, 0.3) is 11.1 Å². The molecule has 0 radical (unpaired) electrons. The lowest BCUT2D eigenvalue weighted by atomic mass is 9.96. The van der Waals surface area contributed by atoms with E-state index in [0.717, 1.165) is 17.5 Å². The van der Waals surface area contributed by atoms with Crippen molar-refractivity contribution in [2.45, 2.75) is 12.6 Å². The third kappa shape index (κ3) is 5.78. The molecular weight excluding hydrogens is 379 g/mol. The zero-order valence-corrected chi connectivity index (χ0v) is 15.7. The predicted octanol–water partition coefficient (Wildman–Crippen LogP) is 3.51. The van der Waals surface area contributed by atoms with E-state index in [1.807, 2.05) is 24.3 Å². The third-order valence-corrected chi connectivity index (χ3v) is 3.67. The molecular formula is C19H22F3NO5. The van der Waals surface area contributed by atoms with E-state index in [-0.39, 0.29) is 0 Å². The molecule has 0 saturated heterocycles. The van der Waals surface area contributed by atoms with Gasteiger partial charge in [-0.2, -0.15) is 13.2 Å². The highest BCUT2D eigenvalue weighted by Gasteiger charge is 2.38. The zero-order chi connectivity index (χ0) is 21.3. The lowest BCUT2D eigenvalue weighted by molar-refractivity contribution is -0.192. The van der Waals surface area contributed by atoms with Crippen LogP contribution in [0.1, 0.15) is 5.56 Å². The molecule has 6 nitrogen and oxygen atoms in total. The third-order valence-electron chi connectivity index (χ3n) is 3.67. The molecule has 9 heteroatoms. The van der Waals surface area contributed by atoms with E-state index in [9.17, 15) is 13.2 Å². The quantitative estimate of drug-likeness (QED) is 0.770. The fraction of sp³-hybridized carbons (Fsp3) is 0.316. The Hall–Kier alpha value is -2.94. The average molecular weight is 401 g/mol. The molecule has 0 unspecified atom stereocenters. The molecule has 0 aliphatic rings. The van der Waals surface area contributed by atoms with Crippen LogP contribution in [0.4, 0.5) is 13.2 Å². The molecule has 0 saturated carbocycles. The first-order valence-electron chi connectivity index (χ1n) is 8.08. The Morgan fingerprint density at radius 2 is 1.54 bits per heavy atom. The summed E-state index contributed by atoms with van der Waals surface area (Å²) in [6, 6.07) is 12.0. The molecule has 0 bridgehead atoms. The Morgan fingerprint density at radius 1 is 0.964 bits per heavy atom. The second-order valence-electron chi connectivity index (χ2n) is 5.38. The summed E-state index contributed by atoms with van der Waals surface area (Å²) in [5.41, 5.74) is 8.96. The van der Waals surface area contributed by atoms with E-state index in [0.29, 0.717) is 23.8 Å². The number of carboxylic acids is 1. The normalized spacial score (nSPS) is 10.5. The van der Waals surface area contributed by atoms with Gasteiger partial charge >= 0.3 is 12.1 Å². The fourth-order valence-corrected chi connectivity index (χ4v) is 2.47. The van der Waals surface area contributed by atoms with Gasteiger partial charge in [-0.3, -0.25) is 0 Å². The second-order valence-corrected chi connectivity index (χ2v) is 5.38. The van der Waals surface area contributed by atoms with Gasteiger partial charge in [-0.25, -0.2) is 4.79 Å². The molecule has 0 aliphatic heterocycles. The number of hydrogen-bond donors (Lipinski definition) is 2. The summed E-state index contributed by atoms with van der Waals surface area (Å²) in [5, 5.41) is 7.12. The second kappa shape index (κ2) is 10.4. The van der Waals surface area contributed by atoms with Gasteiger partial charge in [0.1, 0.15) is 0 Å². The van der Waals surface area contributed by atoms with Gasteiger partial charge in [0.2, 0.25) is 5.75 Å². The summed E-state index contributed by atoms with van der Waals surface area (Å²) in [5.74, 6) is -0.844. The highest BCUT2D eigenvalue weighted by molar-refractivity contribution is 5.78. The molecule has 0 heterocycles. The molecule has 0 aromatic heterocycles. The number of alkyl halides is 3. The van der Waals surface area contributed by atoms with Gasteiger partial charge in [0.25, 0.3) is 0 Å². The summed E-state index contributed by atoms with van der Waals surface area (Å²) < 4.78 is 48.1. The number of carbonyl (C=O) groups is 1. The topological polar surface area (TPSA) is 91.0 Å². The molecule has 28 heavy (non-hydrogen) atoms. The van der Waals surface area contributed by atoms with E-state index in [1.165, 1.54) is 5.56 Å². The first-order chi connectivity index (χ1) is 13.2. The summed E-state index contributed by atoms with van der Waals surface area (Å²) in [6.07, 6.45) is -4.27. The van der Waals surface area contributed by atoms with Crippen molar-refractivity contribution in [1.29, 1.82) is 0 Å². The van der Waals surface area contributed by atoms with Gasteiger partial charge in [0.05, 0.1) is 21.3 Å². The van der Waals surface area contributed by atoms with E-state index < -0.39 is 12.1 Å². The van der Waals surface area contributed by atoms with Gasteiger partial charge in [-0.15, -0.1) is 0 Å². The molecule has 0 spiro atoms. The number of aliphatic carboxylic acids is 1. The van der Waals surface area contributed by atoms with Crippen molar-refractivity contribution >= 4 is 5.97 Å². The average Bonchev–Trinajstić information content (AvgIpc) is 2.67. The maximum atomic E-state index is 10.6. The Kier molecular flexibility index (Phi) is 8.59. The van der Waals surface area contributed by atoms with Gasteiger partial charge < -0.3 is 25.1 Å². The number of methoxy groups -OCH3 is 3. The van der Waals surface area contributed by atoms with Crippen LogP contribution < -0.4 is 19.9 Å². The minimum atomic E-state index is -5.08. The molecule has 3 N–H and O–H groups in total. The monoisotopic (exact) mass is 401 g/mol. The minimum Gasteiger partial charge on any atom is -0.493 e. The summed E-state index contributed by atoms with van der Waals surface area (Å²) in [7, 11) is 4.85. The summed E-state index contributed by atoms with van der Waals surface area (Å²) >= 11 is 0. The van der Waals surface area contributed by atoms with Crippen LogP contribution in [0.15, 0.2) is 36.4 Å². The number of carboxylic acid groups (broad SMARTS) is 1. The fourth-order valence-electron chi connectivity index (χ4n) is 2.47. The Bertz CT molecular complexity index is 794. The van der Waals surface area contributed by atoms with Crippen molar-refractivity contribution in [2.24, 2.45) is 5.73 Å². The smallest absolute Gasteiger partial charge is 0.490 e. The molecule has 0 amide bonds. The Morgan fingerprint density at radius 3 is 2.00 bits per heavy atom. The molecule has 0 fully saturated rings. The maximum Gasteiger partial charge on any atom is 0.490 e. The van der Waals surface area contributed by atoms with Gasteiger partial charge in [-0.05, 0) is 36.2 Å². The number of benzene rings is 2. The van der Waals surface area contributed by atoms with E-state index in [2.05, 4.69) is 12.1 Å². The number of rotatable bonds is 6. The Labute approximate surface area is 160 Å². The van der Waals surface area contributed by atoms with Crippen molar-refractivity contribution in [3.63, 3.8) is 0 Å². The van der Waals surface area contributed by atoms with E-state index in [4.69, 9.17) is 29.8 Å². The first kappa shape index (κ1) is 23.1. The zero-order valence-electron chi connectivity index (χ0n) is 15.7. The molecule has 2 rings (SSSR count). The number of hydrogen-bond acceptors (Lipinski definition) is 5. The molecule has 154 valence electrons.